The van der Waals surface area contributed by atoms with Gasteiger partial charge in [-0.3, -0.25) is 47.9 Å². The summed E-state index contributed by atoms with van der Waals surface area (Å²) in [4.78, 5) is 147. The van der Waals surface area contributed by atoms with E-state index in [4.69, 9.17) is 5.73 Å². The molecule has 0 aliphatic heterocycles. The van der Waals surface area contributed by atoms with Crippen molar-refractivity contribution >= 4 is 65.2 Å². The van der Waals surface area contributed by atoms with Crippen molar-refractivity contribution in [3.05, 3.63) is 18.2 Å². The fourth-order valence-corrected chi connectivity index (χ4v) is 6.05. The summed E-state index contributed by atoms with van der Waals surface area (Å²) >= 11 is 0. The highest BCUT2D eigenvalue weighted by Crippen LogP contribution is 2.10. The third-order valence-corrected chi connectivity index (χ3v) is 9.72. The van der Waals surface area contributed by atoms with Crippen LogP contribution in [-0.4, -0.2) is 168 Å². The number of carbonyl (C=O) groups excluding carboxylic acids is 8. The summed E-state index contributed by atoms with van der Waals surface area (Å²) in [6.07, 6.45) is -3.47. The van der Waals surface area contributed by atoms with Crippen LogP contribution >= 0.6 is 0 Å². The van der Waals surface area contributed by atoms with Gasteiger partial charge in [-0.05, 0) is 51.9 Å². The highest BCUT2D eigenvalue weighted by atomic mass is 16.4. The molecule has 27 heteroatoms. The van der Waals surface area contributed by atoms with Crippen LogP contribution in [0.15, 0.2) is 12.5 Å². The number of carboxylic acids is 3. The summed E-state index contributed by atoms with van der Waals surface area (Å²) in [5, 5.41) is 67.4. The van der Waals surface area contributed by atoms with Gasteiger partial charge in [0.2, 0.25) is 47.3 Å². The van der Waals surface area contributed by atoms with Crippen molar-refractivity contribution in [2.45, 2.75) is 148 Å². The number of hydrogen-bond donors (Lipinski definition) is 15. The molecule has 0 saturated heterocycles. The van der Waals surface area contributed by atoms with Gasteiger partial charge in [-0.2, -0.15) is 0 Å². The van der Waals surface area contributed by atoms with E-state index in [0.717, 1.165) is 13.8 Å². The number of carbonyl (C=O) groups is 11. The molecule has 0 saturated carbocycles. The lowest BCUT2D eigenvalue weighted by atomic mass is 10.0. The summed E-state index contributed by atoms with van der Waals surface area (Å²) in [5.74, 6) is -13.2. The number of aromatic nitrogens is 2. The van der Waals surface area contributed by atoms with Gasteiger partial charge in [0.15, 0.2) is 0 Å². The lowest BCUT2D eigenvalue weighted by Gasteiger charge is -2.28. The Bertz CT molecular complexity index is 1890. The number of aliphatic hydroxyl groups excluding tert-OH is 2. The molecule has 1 aromatic rings. The summed E-state index contributed by atoms with van der Waals surface area (Å²) in [5.41, 5.74) is 5.92. The quantitative estimate of drug-likeness (QED) is 0.0344. The van der Waals surface area contributed by atoms with Gasteiger partial charge in [0, 0.05) is 31.2 Å². The van der Waals surface area contributed by atoms with E-state index in [9.17, 15) is 78.3 Å². The number of aliphatic hydroxyl groups is 2. The summed E-state index contributed by atoms with van der Waals surface area (Å²) < 4.78 is 0. The van der Waals surface area contributed by atoms with Crippen molar-refractivity contribution in [3.8, 4) is 0 Å². The Morgan fingerprint density at radius 3 is 1.46 bits per heavy atom. The van der Waals surface area contributed by atoms with Crippen LogP contribution in [-0.2, 0) is 59.2 Å². The Labute approximate surface area is 385 Å². The standard InChI is InChI=1S/C40H65N11O16/c1-17(2)12-25(48-33(59)19(5)41)36(62)50-31(20(6)52)38(64)47-24(9-11-29(57)58)35(61)46-23(8-10-28(55)56)34(60)43-15-27(54)45-26(13-22-14-42-16-44-22)37(63)51-32(21(7)53)39(65)49-30(18(3)4)40(66)67/h14,16-21,23-26,30-32,52-53H,8-13,15,41H2,1-7H3,(H,42,44)(H,43,60)(H,45,54)(H,46,61)(H,47,64)(H,48,59)(H,49,65)(H,50,62)(H,51,63)(H,55,56)(H,57,58)(H,66,67)/t19-,20+,21+,23-,24-,25-,26-,30-,31-,32-/m0/s1. The fraction of sp³-hybridized carbons (Fsp3) is 0.650. The van der Waals surface area contributed by atoms with E-state index < -0.39 is 164 Å². The number of nitrogens with zero attached hydrogens (tertiary/aromatic N) is 1. The van der Waals surface area contributed by atoms with Crippen LogP contribution in [0.1, 0.15) is 86.3 Å². The summed E-state index contributed by atoms with van der Waals surface area (Å²) in [6, 6.07) is -12.1. The summed E-state index contributed by atoms with van der Waals surface area (Å²) in [7, 11) is 0. The molecule has 0 radical (unpaired) electrons. The Morgan fingerprint density at radius 2 is 1.03 bits per heavy atom. The number of rotatable bonds is 30. The molecule has 376 valence electrons. The molecule has 0 spiro atoms. The topological polar surface area (TPSA) is 440 Å². The molecule has 0 aliphatic rings. The number of aromatic amines is 1. The molecule has 0 aliphatic carbocycles. The van der Waals surface area contributed by atoms with Crippen molar-refractivity contribution in [1.29, 1.82) is 0 Å². The highest BCUT2D eigenvalue weighted by molar-refractivity contribution is 5.98. The molecule has 1 heterocycles. The average molecular weight is 956 g/mol. The summed E-state index contributed by atoms with van der Waals surface area (Å²) in [6.45, 7) is 9.29. The molecular formula is C40H65N11O16. The van der Waals surface area contributed by atoms with E-state index in [1.54, 1.807) is 13.8 Å². The van der Waals surface area contributed by atoms with Gasteiger partial charge in [-0.15, -0.1) is 0 Å². The average Bonchev–Trinajstić information content (AvgIpc) is 3.74. The number of hydrogen-bond acceptors (Lipinski definition) is 15. The number of nitrogens with one attached hydrogen (secondary N) is 9. The van der Waals surface area contributed by atoms with E-state index in [0.29, 0.717) is 5.69 Å². The highest BCUT2D eigenvalue weighted by Gasteiger charge is 2.36. The molecule has 0 aromatic carbocycles. The van der Waals surface area contributed by atoms with Crippen LogP contribution < -0.4 is 48.3 Å². The first kappa shape index (κ1) is 58.3. The zero-order chi connectivity index (χ0) is 51.3. The molecule has 27 nitrogen and oxygen atoms in total. The molecule has 0 unspecified atom stereocenters. The second-order valence-corrected chi connectivity index (χ2v) is 16.6. The molecule has 0 fully saturated rings. The molecule has 10 atom stereocenters. The Balaban J connectivity index is 3.30. The third-order valence-electron chi connectivity index (χ3n) is 9.72. The number of amides is 8. The van der Waals surface area contributed by atoms with Gasteiger partial charge in [0.05, 0.1) is 31.1 Å². The first-order valence-corrected chi connectivity index (χ1v) is 21.3. The zero-order valence-corrected chi connectivity index (χ0v) is 38.3. The van der Waals surface area contributed by atoms with Gasteiger partial charge in [-0.1, -0.05) is 27.7 Å². The lowest BCUT2D eigenvalue weighted by molar-refractivity contribution is -0.144. The minimum atomic E-state index is -1.78. The second-order valence-electron chi connectivity index (χ2n) is 16.6. The van der Waals surface area contributed by atoms with Crippen molar-refractivity contribution in [1.82, 2.24) is 52.5 Å². The third kappa shape index (κ3) is 21.4. The van der Waals surface area contributed by atoms with E-state index in [2.05, 4.69) is 52.5 Å². The minimum absolute atomic E-state index is 0.0890. The number of nitrogens with two attached hydrogens (primary N) is 1. The van der Waals surface area contributed by atoms with Gasteiger partial charge >= 0.3 is 17.9 Å². The zero-order valence-electron chi connectivity index (χ0n) is 38.3. The smallest absolute Gasteiger partial charge is 0.326 e. The van der Waals surface area contributed by atoms with Crippen LogP contribution in [0.3, 0.4) is 0 Å². The van der Waals surface area contributed by atoms with Crippen LogP contribution in [0, 0.1) is 11.8 Å². The van der Waals surface area contributed by atoms with Crippen LogP contribution in [0.2, 0.25) is 0 Å². The van der Waals surface area contributed by atoms with Crippen molar-refractivity contribution < 1.29 is 78.3 Å². The Kier molecular flexibility index (Phi) is 24.6. The van der Waals surface area contributed by atoms with Gasteiger partial charge in [0.1, 0.15) is 42.3 Å². The maximum absolute atomic E-state index is 13.6. The van der Waals surface area contributed by atoms with E-state index in [1.807, 2.05) is 0 Å². The number of H-pyrrole nitrogens is 1. The predicted octanol–water partition coefficient (Wildman–Crippen LogP) is -4.91. The Morgan fingerprint density at radius 1 is 0.582 bits per heavy atom. The molecule has 0 bridgehead atoms. The number of aliphatic carboxylic acids is 3. The van der Waals surface area contributed by atoms with E-state index in [-0.39, 0.29) is 18.8 Å². The molecule has 1 rings (SSSR count). The van der Waals surface area contributed by atoms with Crippen molar-refractivity contribution in [2.75, 3.05) is 6.54 Å². The molecule has 16 N–H and O–H groups in total. The van der Waals surface area contributed by atoms with E-state index in [1.165, 1.54) is 33.3 Å². The van der Waals surface area contributed by atoms with Gasteiger partial charge < -0.3 is 78.8 Å². The molecule has 1 aromatic heterocycles. The normalized spacial score (nSPS) is 15.6. The first-order chi connectivity index (χ1) is 31.1. The van der Waals surface area contributed by atoms with Gasteiger partial charge in [-0.25, -0.2) is 9.78 Å². The minimum Gasteiger partial charge on any atom is -0.481 e. The van der Waals surface area contributed by atoms with Crippen molar-refractivity contribution in [3.63, 3.8) is 0 Å². The molecule has 8 amide bonds. The fourth-order valence-electron chi connectivity index (χ4n) is 6.05. The Hall–Kier alpha value is -6.74. The van der Waals surface area contributed by atoms with E-state index >= 15 is 0 Å². The number of carboxylic acid groups (broad SMARTS) is 3. The van der Waals surface area contributed by atoms with Crippen LogP contribution in [0.25, 0.3) is 0 Å². The van der Waals surface area contributed by atoms with Crippen molar-refractivity contribution in [2.24, 2.45) is 17.6 Å². The number of imidazole rings is 1. The maximum Gasteiger partial charge on any atom is 0.326 e. The maximum atomic E-state index is 13.6. The second kappa shape index (κ2) is 28.3. The lowest BCUT2D eigenvalue weighted by Crippen LogP contribution is -2.61. The molecular weight excluding hydrogens is 891 g/mol. The van der Waals surface area contributed by atoms with Crippen LogP contribution in [0.4, 0.5) is 0 Å². The first-order valence-electron chi connectivity index (χ1n) is 21.3. The SMILES string of the molecule is CC(C)C[C@H](NC(=O)[C@H](C)N)C(=O)N[C@H](C(=O)N[C@@H](CCC(=O)O)C(=O)N[C@@H](CCC(=O)O)C(=O)NCC(=O)N[C@@H](Cc1cnc[nH]1)C(=O)N[C@H](C(=O)N[C@H](C(=O)O)C(C)C)[C@@H](C)O)[C@@H](C)O. The predicted molar refractivity (Wildman–Crippen MR) is 231 cm³/mol. The monoisotopic (exact) mass is 955 g/mol. The van der Waals surface area contributed by atoms with Crippen LogP contribution in [0.5, 0.6) is 0 Å². The largest absolute Gasteiger partial charge is 0.481 e. The van der Waals surface area contributed by atoms with Gasteiger partial charge in [0.25, 0.3) is 0 Å². The molecule has 67 heavy (non-hydrogen) atoms.